The van der Waals surface area contributed by atoms with Crippen LogP contribution in [0.25, 0.3) is 11.1 Å². The van der Waals surface area contributed by atoms with Crippen molar-refractivity contribution in [1.29, 1.82) is 5.26 Å². The lowest BCUT2D eigenvalue weighted by Crippen LogP contribution is -2.25. The van der Waals surface area contributed by atoms with Crippen molar-refractivity contribution in [1.82, 2.24) is 0 Å². The lowest BCUT2D eigenvalue weighted by molar-refractivity contribution is 0.170. The minimum atomic E-state index is -0.818. The second kappa shape index (κ2) is 5.34. The lowest BCUT2D eigenvalue weighted by Gasteiger charge is -2.18. The summed E-state index contributed by atoms with van der Waals surface area (Å²) in [5.74, 6) is 0.685. The van der Waals surface area contributed by atoms with Crippen LogP contribution in [0.3, 0.4) is 0 Å². The highest BCUT2D eigenvalue weighted by Gasteiger charge is 2.18. The molecule has 0 aliphatic heterocycles. The molecule has 0 amide bonds. The van der Waals surface area contributed by atoms with Crippen molar-refractivity contribution in [3.8, 4) is 22.9 Å². The zero-order valence-corrected chi connectivity index (χ0v) is 11.6. The maximum absolute atomic E-state index is 8.93. The van der Waals surface area contributed by atoms with Gasteiger partial charge in [0.2, 0.25) is 0 Å². The van der Waals surface area contributed by atoms with Gasteiger partial charge in [0.25, 0.3) is 0 Å². The Kier molecular flexibility index (Phi) is 3.78. The Balaban J connectivity index is 2.19. The largest absolute Gasteiger partial charge is 0.473 e. The molecule has 0 aliphatic carbocycles. The van der Waals surface area contributed by atoms with Crippen molar-refractivity contribution < 1.29 is 4.74 Å². The topological polar surface area (TPSA) is 33.0 Å². The Hall–Kier alpha value is -1.98. The van der Waals surface area contributed by atoms with Crippen LogP contribution < -0.4 is 4.74 Å². The third-order valence-corrected chi connectivity index (χ3v) is 2.93. The number of hydrogen-bond acceptors (Lipinski definition) is 2. The molecule has 0 aromatic heterocycles. The molecule has 2 nitrogen and oxygen atoms in total. The molecule has 96 valence electrons. The van der Waals surface area contributed by atoms with Crippen LogP contribution in [-0.4, -0.2) is 5.60 Å². The van der Waals surface area contributed by atoms with Crippen LogP contribution >= 0.6 is 11.6 Å². The molecule has 0 aliphatic rings. The lowest BCUT2D eigenvalue weighted by atomic mass is 10.1. The third kappa shape index (κ3) is 3.49. The molecule has 0 bridgehead atoms. The molecule has 0 N–H and O–H groups in total. The van der Waals surface area contributed by atoms with Gasteiger partial charge in [-0.15, -0.1) is 0 Å². The van der Waals surface area contributed by atoms with Crippen molar-refractivity contribution >= 4 is 11.6 Å². The predicted octanol–water partition coefficient (Wildman–Crippen LogP) is 4.69. The normalized spacial score (nSPS) is 10.8. The van der Waals surface area contributed by atoms with Crippen LogP contribution in [0.15, 0.2) is 48.5 Å². The highest BCUT2D eigenvalue weighted by atomic mass is 35.5. The van der Waals surface area contributed by atoms with E-state index < -0.39 is 5.60 Å². The van der Waals surface area contributed by atoms with Gasteiger partial charge >= 0.3 is 0 Å². The molecule has 0 saturated heterocycles. The van der Waals surface area contributed by atoms with Gasteiger partial charge in [-0.3, -0.25) is 0 Å². The van der Waals surface area contributed by atoms with Gasteiger partial charge in [0, 0.05) is 5.02 Å². The number of rotatable bonds is 3. The maximum Gasteiger partial charge on any atom is 0.188 e. The molecule has 3 heteroatoms. The van der Waals surface area contributed by atoms with Gasteiger partial charge < -0.3 is 4.74 Å². The summed E-state index contributed by atoms with van der Waals surface area (Å²) in [4.78, 5) is 0. The monoisotopic (exact) mass is 271 g/mol. The van der Waals surface area contributed by atoms with E-state index in [0.717, 1.165) is 16.1 Å². The first-order chi connectivity index (χ1) is 9.00. The van der Waals surface area contributed by atoms with Crippen LogP contribution in [0.2, 0.25) is 5.02 Å². The predicted molar refractivity (Wildman–Crippen MR) is 77.2 cm³/mol. The summed E-state index contributed by atoms with van der Waals surface area (Å²) in [6.45, 7) is 3.47. The van der Waals surface area contributed by atoms with Crippen LogP contribution in [0.4, 0.5) is 0 Å². The van der Waals surface area contributed by atoms with Gasteiger partial charge in [-0.2, -0.15) is 5.26 Å². The van der Waals surface area contributed by atoms with Gasteiger partial charge in [0.1, 0.15) is 11.8 Å². The van der Waals surface area contributed by atoms with Gasteiger partial charge in [0.15, 0.2) is 5.60 Å². The minimum Gasteiger partial charge on any atom is -0.473 e. The number of halogens is 1. The summed E-state index contributed by atoms with van der Waals surface area (Å²) in [5.41, 5.74) is 1.36. The summed E-state index contributed by atoms with van der Waals surface area (Å²) in [6, 6.07) is 17.4. The molecular weight excluding hydrogens is 258 g/mol. The van der Waals surface area contributed by atoms with E-state index in [2.05, 4.69) is 6.07 Å². The first-order valence-electron chi connectivity index (χ1n) is 5.96. The molecule has 0 radical (unpaired) electrons. The van der Waals surface area contributed by atoms with Crippen LogP contribution in [0.1, 0.15) is 13.8 Å². The van der Waals surface area contributed by atoms with Crippen molar-refractivity contribution in [2.45, 2.75) is 19.4 Å². The highest BCUT2D eigenvalue weighted by Crippen LogP contribution is 2.25. The van der Waals surface area contributed by atoms with Crippen molar-refractivity contribution in [3.05, 3.63) is 53.6 Å². The average molecular weight is 272 g/mol. The Morgan fingerprint density at radius 2 is 1.42 bits per heavy atom. The number of hydrogen-bond donors (Lipinski definition) is 0. The van der Waals surface area contributed by atoms with E-state index in [9.17, 15) is 0 Å². The Labute approximate surface area is 118 Å². The molecule has 2 aromatic carbocycles. The van der Waals surface area contributed by atoms with Gasteiger partial charge in [0.05, 0.1) is 0 Å². The summed E-state index contributed by atoms with van der Waals surface area (Å²) in [7, 11) is 0. The molecule has 2 aromatic rings. The third-order valence-electron chi connectivity index (χ3n) is 2.67. The Morgan fingerprint density at radius 3 is 1.89 bits per heavy atom. The summed E-state index contributed by atoms with van der Waals surface area (Å²) < 4.78 is 5.58. The van der Waals surface area contributed by atoms with Crippen LogP contribution in [0, 0.1) is 11.3 Å². The van der Waals surface area contributed by atoms with Crippen molar-refractivity contribution in [3.63, 3.8) is 0 Å². The summed E-state index contributed by atoms with van der Waals surface area (Å²) >= 11 is 5.86. The molecule has 19 heavy (non-hydrogen) atoms. The first kappa shape index (κ1) is 13.5. The minimum absolute atomic E-state index is 0.685. The van der Waals surface area contributed by atoms with Gasteiger partial charge in [-0.1, -0.05) is 35.9 Å². The van der Waals surface area contributed by atoms with Crippen molar-refractivity contribution in [2.24, 2.45) is 0 Å². The van der Waals surface area contributed by atoms with E-state index in [0.29, 0.717) is 5.75 Å². The zero-order chi connectivity index (χ0) is 13.9. The molecule has 0 heterocycles. The van der Waals surface area contributed by atoms with E-state index in [1.165, 1.54) is 0 Å². The standard InChI is InChI=1S/C16H14ClNO/c1-16(2,11-18)19-15-9-5-13(6-10-15)12-3-7-14(17)8-4-12/h3-10H,1-2H3. The van der Waals surface area contributed by atoms with E-state index in [1.54, 1.807) is 13.8 Å². The molecule has 0 spiro atoms. The first-order valence-corrected chi connectivity index (χ1v) is 6.34. The van der Waals surface area contributed by atoms with E-state index in [4.69, 9.17) is 21.6 Å². The quantitative estimate of drug-likeness (QED) is 0.811. The van der Waals surface area contributed by atoms with E-state index >= 15 is 0 Å². The smallest absolute Gasteiger partial charge is 0.188 e. The van der Waals surface area contributed by atoms with E-state index in [1.807, 2.05) is 48.5 Å². The fourth-order valence-electron chi connectivity index (χ4n) is 1.68. The fourth-order valence-corrected chi connectivity index (χ4v) is 1.80. The van der Waals surface area contributed by atoms with Gasteiger partial charge in [-0.25, -0.2) is 0 Å². The second-order valence-corrected chi connectivity index (χ2v) is 5.19. The maximum atomic E-state index is 8.93. The van der Waals surface area contributed by atoms with Gasteiger partial charge in [-0.05, 0) is 49.2 Å². The Bertz CT molecular complexity index is 594. The zero-order valence-electron chi connectivity index (χ0n) is 10.9. The number of ether oxygens (including phenoxy) is 1. The highest BCUT2D eigenvalue weighted by molar-refractivity contribution is 6.30. The SMILES string of the molecule is CC(C)(C#N)Oc1ccc(-c2ccc(Cl)cc2)cc1. The fraction of sp³-hybridized carbons (Fsp3) is 0.188. The molecule has 0 atom stereocenters. The number of nitrogens with zero attached hydrogens (tertiary/aromatic N) is 1. The van der Waals surface area contributed by atoms with E-state index in [-0.39, 0.29) is 0 Å². The average Bonchev–Trinajstić information content (AvgIpc) is 2.40. The number of benzene rings is 2. The van der Waals surface area contributed by atoms with Crippen LogP contribution in [0.5, 0.6) is 5.75 Å². The summed E-state index contributed by atoms with van der Waals surface area (Å²) in [6.07, 6.45) is 0. The van der Waals surface area contributed by atoms with Crippen LogP contribution in [-0.2, 0) is 0 Å². The van der Waals surface area contributed by atoms with Crippen molar-refractivity contribution in [2.75, 3.05) is 0 Å². The summed E-state index contributed by atoms with van der Waals surface area (Å²) in [5, 5.41) is 9.65. The second-order valence-electron chi connectivity index (χ2n) is 4.76. The molecule has 0 saturated carbocycles. The Morgan fingerprint density at radius 1 is 0.947 bits per heavy atom. The molecule has 0 fully saturated rings. The molecule has 0 unspecified atom stereocenters. The molecule has 2 rings (SSSR count). The molecular formula is C16H14ClNO. The number of nitriles is 1.